The van der Waals surface area contributed by atoms with E-state index in [1.54, 1.807) is 6.92 Å². The fourth-order valence-electron chi connectivity index (χ4n) is 2.95. The number of carbonyl (C=O) groups excluding carboxylic acids is 2. The number of benzene rings is 1. The van der Waals surface area contributed by atoms with Gasteiger partial charge in [0.1, 0.15) is 0 Å². The molecule has 0 saturated carbocycles. The van der Waals surface area contributed by atoms with Crippen LogP contribution in [0.5, 0.6) is 0 Å². The number of hydrogen-bond donors (Lipinski definition) is 1. The van der Waals surface area contributed by atoms with Gasteiger partial charge >= 0.3 is 0 Å². The van der Waals surface area contributed by atoms with Crippen LogP contribution in [0, 0.1) is 0 Å². The minimum Gasteiger partial charge on any atom is -0.353 e. The third kappa shape index (κ3) is 4.13. The molecule has 2 aliphatic heterocycles. The Kier molecular flexibility index (Phi) is 5.00. The van der Waals surface area contributed by atoms with E-state index in [1.165, 1.54) is 17.3 Å². The number of nitrogens with one attached hydrogen (secondary N) is 1. The van der Waals surface area contributed by atoms with Crippen LogP contribution in [0.1, 0.15) is 25.3 Å². The second-order valence-electron chi connectivity index (χ2n) is 5.95. The lowest BCUT2D eigenvalue weighted by Gasteiger charge is -2.31. The van der Waals surface area contributed by atoms with E-state index in [0.717, 1.165) is 43.1 Å². The van der Waals surface area contributed by atoms with Gasteiger partial charge in [0.05, 0.1) is 16.5 Å². The Hall–Kier alpha value is -1.82. The number of amides is 2. The molecule has 6 heteroatoms. The fourth-order valence-corrected chi connectivity index (χ4v) is 3.75. The highest BCUT2D eigenvalue weighted by atomic mass is 32.2. The Morgan fingerprint density at radius 2 is 2.04 bits per heavy atom. The number of para-hydroxylation sites is 1. The van der Waals surface area contributed by atoms with Crippen LogP contribution < -0.4 is 5.32 Å². The van der Waals surface area contributed by atoms with E-state index in [9.17, 15) is 9.59 Å². The minimum absolute atomic E-state index is 0.0509. The first-order chi connectivity index (χ1) is 11.1. The van der Waals surface area contributed by atoms with E-state index >= 15 is 0 Å². The number of fused-ring (bicyclic) bond motifs is 1. The monoisotopic (exact) mass is 331 g/mol. The third-order valence-electron chi connectivity index (χ3n) is 4.25. The summed E-state index contributed by atoms with van der Waals surface area (Å²) in [5.41, 5.74) is 2.25. The van der Waals surface area contributed by atoms with E-state index in [-0.39, 0.29) is 17.9 Å². The number of thioether (sulfide) groups is 1. The molecule has 5 nitrogen and oxygen atoms in total. The normalized spacial score (nSPS) is 17.6. The predicted octanol–water partition coefficient (Wildman–Crippen LogP) is 2.13. The molecule has 0 aliphatic carbocycles. The SMILES string of the molecule is CC(=O)N1CCC(NC(=O)CSC2=Nc3ccccc3C2)CC1. The van der Waals surface area contributed by atoms with Crippen molar-refractivity contribution in [3.05, 3.63) is 29.8 Å². The highest BCUT2D eigenvalue weighted by Crippen LogP contribution is 2.29. The molecule has 1 N–H and O–H groups in total. The summed E-state index contributed by atoms with van der Waals surface area (Å²) >= 11 is 1.52. The molecule has 122 valence electrons. The van der Waals surface area contributed by atoms with Gasteiger partial charge in [-0.25, -0.2) is 4.99 Å². The summed E-state index contributed by atoms with van der Waals surface area (Å²) in [4.78, 5) is 29.8. The molecule has 1 saturated heterocycles. The zero-order valence-corrected chi connectivity index (χ0v) is 14.1. The van der Waals surface area contributed by atoms with E-state index in [4.69, 9.17) is 0 Å². The van der Waals surface area contributed by atoms with Crippen molar-refractivity contribution in [2.24, 2.45) is 4.99 Å². The maximum Gasteiger partial charge on any atom is 0.230 e. The van der Waals surface area contributed by atoms with Gasteiger partial charge in [-0.1, -0.05) is 18.2 Å². The highest BCUT2D eigenvalue weighted by molar-refractivity contribution is 8.14. The molecule has 2 aliphatic rings. The number of aliphatic imine (C=N–C) groups is 1. The van der Waals surface area contributed by atoms with E-state index in [2.05, 4.69) is 16.4 Å². The van der Waals surface area contributed by atoms with Crippen molar-refractivity contribution in [2.75, 3.05) is 18.8 Å². The van der Waals surface area contributed by atoms with Crippen molar-refractivity contribution in [1.82, 2.24) is 10.2 Å². The van der Waals surface area contributed by atoms with E-state index < -0.39 is 0 Å². The second-order valence-corrected chi connectivity index (χ2v) is 7.00. The molecule has 0 atom stereocenters. The molecule has 0 bridgehead atoms. The van der Waals surface area contributed by atoms with Crippen LogP contribution in [-0.4, -0.2) is 46.6 Å². The summed E-state index contributed by atoms with van der Waals surface area (Å²) in [5, 5.41) is 4.08. The Labute approximate surface area is 140 Å². The summed E-state index contributed by atoms with van der Waals surface area (Å²) in [6.07, 6.45) is 2.50. The third-order valence-corrected chi connectivity index (χ3v) is 5.23. The van der Waals surface area contributed by atoms with Crippen LogP contribution >= 0.6 is 11.8 Å². The van der Waals surface area contributed by atoms with Crippen molar-refractivity contribution < 1.29 is 9.59 Å². The predicted molar refractivity (Wildman–Crippen MR) is 93.1 cm³/mol. The molecular formula is C17H21N3O2S. The van der Waals surface area contributed by atoms with Gasteiger partial charge in [0.25, 0.3) is 0 Å². The highest BCUT2D eigenvalue weighted by Gasteiger charge is 2.22. The zero-order chi connectivity index (χ0) is 16.2. The summed E-state index contributed by atoms with van der Waals surface area (Å²) in [6.45, 7) is 3.06. The summed E-state index contributed by atoms with van der Waals surface area (Å²) in [7, 11) is 0. The quantitative estimate of drug-likeness (QED) is 0.923. The first-order valence-electron chi connectivity index (χ1n) is 7.95. The smallest absolute Gasteiger partial charge is 0.230 e. The average molecular weight is 331 g/mol. The number of piperidine rings is 1. The molecule has 0 aromatic heterocycles. The van der Waals surface area contributed by atoms with Gasteiger partial charge in [-0.15, -0.1) is 11.8 Å². The number of likely N-dealkylation sites (tertiary alicyclic amines) is 1. The number of rotatable bonds is 3. The van der Waals surface area contributed by atoms with Gasteiger partial charge in [-0.05, 0) is 24.5 Å². The van der Waals surface area contributed by atoms with Crippen LogP contribution in [0.15, 0.2) is 29.3 Å². The molecule has 0 unspecified atom stereocenters. The largest absolute Gasteiger partial charge is 0.353 e. The average Bonchev–Trinajstić information content (AvgIpc) is 2.96. The van der Waals surface area contributed by atoms with Gasteiger partial charge in [0.15, 0.2) is 0 Å². The van der Waals surface area contributed by atoms with E-state index in [1.807, 2.05) is 23.1 Å². The van der Waals surface area contributed by atoms with Crippen molar-refractivity contribution >= 4 is 34.3 Å². The van der Waals surface area contributed by atoms with Crippen LogP contribution in [0.2, 0.25) is 0 Å². The fraction of sp³-hybridized carbons (Fsp3) is 0.471. The van der Waals surface area contributed by atoms with E-state index in [0.29, 0.717) is 5.75 Å². The molecule has 1 aromatic rings. The number of carbonyl (C=O) groups is 2. The summed E-state index contributed by atoms with van der Waals surface area (Å²) in [5.74, 6) is 0.568. The van der Waals surface area contributed by atoms with Crippen LogP contribution in [0.4, 0.5) is 5.69 Å². The van der Waals surface area contributed by atoms with Crippen molar-refractivity contribution in [3.8, 4) is 0 Å². The molecule has 1 aromatic carbocycles. The Bertz CT molecular complexity index is 636. The topological polar surface area (TPSA) is 61.8 Å². The maximum absolute atomic E-state index is 12.1. The maximum atomic E-state index is 12.1. The van der Waals surface area contributed by atoms with Gasteiger partial charge in [0, 0.05) is 32.5 Å². The first kappa shape index (κ1) is 16.1. The number of nitrogens with zero attached hydrogens (tertiary/aromatic N) is 2. The minimum atomic E-state index is 0.0509. The van der Waals surface area contributed by atoms with Crippen LogP contribution in [-0.2, 0) is 16.0 Å². The lowest BCUT2D eigenvalue weighted by atomic mass is 10.1. The molecule has 3 rings (SSSR count). The van der Waals surface area contributed by atoms with Gasteiger partial charge in [0.2, 0.25) is 11.8 Å². The first-order valence-corrected chi connectivity index (χ1v) is 8.93. The molecule has 0 spiro atoms. The standard InChI is InChI=1S/C17H21N3O2S/c1-12(21)20-8-6-14(7-9-20)18-16(22)11-23-17-10-13-4-2-3-5-15(13)19-17/h2-5,14H,6-11H2,1H3,(H,18,22). The zero-order valence-electron chi connectivity index (χ0n) is 13.2. The lowest BCUT2D eigenvalue weighted by Crippen LogP contribution is -2.46. The Morgan fingerprint density at radius 1 is 1.30 bits per heavy atom. The second kappa shape index (κ2) is 7.17. The molecule has 23 heavy (non-hydrogen) atoms. The van der Waals surface area contributed by atoms with Crippen molar-refractivity contribution in [2.45, 2.75) is 32.2 Å². The summed E-state index contributed by atoms with van der Waals surface area (Å²) in [6, 6.07) is 8.26. The van der Waals surface area contributed by atoms with Crippen molar-refractivity contribution in [3.63, 3.8) is 0 Å². The Morgan fingerprint density at radius 3 is 2.74 bits per heavy atom. The van der Waals surface area contributed by atoms with Crippen LogP contribution in [0.25, 0.3) is 0 Å². The molecule has 1 fully saturated rings. The summed E-state index contributed by atoms with van der Waals surface area (Å²) < 4.78 is 0. The molecule has 0 radical (unpaired) electrons. The molecular weight excluding hydrogens is 310 g/mol. The Balaban J connectivity index is 1.41. The van der Waals surface area contributed by atoms with Gasteiger partial charge in [-0.3, -0.25) is 9.59 Å². The molecule has 2 amide bonds. The molecule has 2 heterocycles. The number of hydrogen-bond acceptors (Lipinski definition) is 4. The van der Waals surface area contributed by atoms with Gasteiger partial charge < -0.3 is 10.2 Å². The van der Waals surface area contributed by atoms with Crippen molar-refractivity contribution in [1.29, 1.82) is 0 Å². The lowest BCUT2D eigenvalue weighted by molar-refractivity contribution is -0.130. The van der Waals surface area contributed by atoms with Crippen LogP contribution in [0.3, 0.4) is 0 Å². The van der Waals surface area contributed by atoms with Gasteiger partial charge in [-0.2, -0.15) is 0 Å².